The molecule has 2 fully saturated rings. The molecule has 0 saturated carbocycles. The molecule has 0 aromatic rings. The van der Waals surface area contributed by atoms with E-state index in [1.165, 1.54) is 11.8 Å². The molecule has 140 valence electrons. The van der Waals surface area contributed by atoms with Gasteiger partial charge in [-0.1, -0.05) is 6.92 Å². The van der Waals surface area contributed by atoms with Crippen LogP contribution in [-0.2, 0) is 9.53 Å². The van der Waals surface area contributed by atoms with Crippen molar-refractivity contribution in [1.29, 1.82) is 0 Å². The molecule has 4 N–H and O–H groups in total. The third-order valence-electron chi connectivity index (χ3n) is 5.18. The monoisotopic (exact) mass is 362 g/mol. The zero-order chi connectivity index (χ0) is 18.0. The summed E-state index contributed by atoms with van der Waals surface area (Å²) in [4.78, 5) is 14.5. The Morgan fingerprint density at radius 3 is 2.54 bits per heavy atom. The first kappa shape index (κ1) is 19.9. The highest BCUT2D eigenvalue weighted by atomic mass is 32.2. The van der Waals surface area contributed by atoms with Gasteiger partial charge in [0, 0.05) is 5.92 Å². The lowest BCUT2D eigenvalue weighted by Crippen LogP contribution is -2.64. The Morgan fingerprint density at radius 2 is 2.04 bits per heavy atom. The minimum absolute atomic E-state index is 0.175. The molecule has 8 atom stereocenters. The summed E-state index contributed by atoms with van der Waals surface area (Å²) in [7, 11) is 1.90. The van der Waals surface area contributed by atoms with Gasteiger partial charge in [-0.25, -0.2) is 0 Å². The molecular weight excluding hydrogens is 332 g/mol. The van der Waals surface area contributed by atoms with Gasteiger partial charge in [0.1, 0.15) is 17.6 Å². The highest BCUT2D eigenvalue weighted by Gasteiger charge is 2.47. The minimum atomic E-state index is -1.16. The normalized spacial score (nSPS) is 40.3. The van der Waals surface area contributed by atoms with Crippen LogP contribution in [0.15, 0.2) is 0 Å². The molecule has 2 saturated heterocycles. The van der Waals surface area contributed by atoms with E-state index in [9.17, 15) is 20.1 Å². The number of ether oxygens (including phenoxy) is 1. The molecule has 8 heteroatoms. The fourth-order valence-electron chi connectivity index (χ4n) is 3.57. The topological polar surface area (TPSA) is 102 Å². The molecule has 2 rings (SSSR count). The van der Waals surface area contributed by atoms with Gasteiger partial charge in [0.05, 0.1) is 24.3 Å². The van der Waals surface area contributed by atoms with Crippen LogP contribution in [-0.4, -0.2) is 87.9 Å². The third kappa shape index (κ3) is 4.05. The van der Waals surface area contributed by atoms with Gasteiger partial charge in [0.25, 0.3) is 0 Å². The molecule has 2 aliphatic rings. The van der Waals surface area contributed by atoms with Gasteiger partial charge in [0.15, 0.2) is 0 Å². The predicted octanol–water partition coefficient (Wildman–Crippen LogP) is -0.608. The molecule has 0 aromatic heterocycles. The maximum Gasteiger partial charge on any atom is 0.237 e. The maximum atomic E-state index is 12.5. The predicted molar refractivity (Wildman–Crippen MR) is 92.6 cm³/mol. The zero-order valence-corrected chi connectivity index (χ0v) is 15.6. The van der Waals surface area contributed by atoms with E-state index in [1.54, 1.807) is 6.92 Å². The summed E-state index contributed by atoms with van der Waals surface area (Å²) < 4.78 is 5.91. The number of rotatable bonds is 5. The van der Waals surface area contributed by atoms with Crippen molar-refractivity contribution in [2.45, 2.75) is 68.6 Å². The fraction of sp³-hybridized carbons (Fsp3) is 0.938. The molecular formula is C16H30N2O5S. The highest BCUT2D eigenvalue weighted by Crippen LogP contribution is 2.33. The van der Waals surface area contributed by atoms with Crippen LogP contribution in [0.4, 0.5) is 0 Å². The Balaban J connectivity index is 2.12. The van der Waals surface area contributed by atoms with Crippen molar-refractivity contribution < 1.29 is 24.9 Å². The number of nitrogens with one attached hydrogen (secondary N) is 1. The highest BCUT2D eigenvalue weighted by molar-refractivity contribution is 7.99. The number of thioether (sulfide) groups is 1. The van der Waals surface area contributed by atoms with E-state index in [1.807, 2.05) is 25.1 Å². The van der Waals surface area contributed by atoms with Crippen molar-refractivity contribution >= 4 is 17.7 Å². The standard InChI is InChI=1S/C16H30N2O5S/c1-8-12(20)13(21)14(23-16(8)24-4)11(9(2)19)17-15(22)10-6-5-7-18(10)3/h8-14,16,19-21H,5-7H2,1-4H3,(H,17,22)/t8-,9-,10?,11-,12-,13-,14-,16-/m1/s1. The summed E-state index contributed by atoms with van der Waals surface area (Å²) in [6, 6.07) is -1.01. The first-order valence-corrected chi connectivity index (χ1v) is 9.79. The molecule has 24 heavy (non-hydrogen) atoms. The van der Waals surface area contributed by atoms with E-state index in [-0.39, 0.29) is 23.3 Å². The number of nitrogens with zero attached hydrogens (tertiary/aromatic N) is 1. The lowest BCUT2D eigenvalue weighted by molar-refractivity contribution is -0.188. The van der Waals surface area contributed by atoms with Gasteiger partial charge < -0.3 is 25.4 Å². The number of amides is 1. The van der Waals surface area contributed by atoms with Crippen LogP contribution < -0.4 is 5.32 Å². The lowest BCUT2D eigenvalue weighted by Gasteiger charge is -2.45. The molecule has 7 nitrogen and oxygen atoms in total. The van der Waals surface area contributed by atoms with E-state index in [4.69, 9.17) is 4.74 Å². The smallest absolute Gasteiger partial charge is 0.237 e. The van der Waals surface area contributed by atoms with Crippen LogP contribution >= 0.6 is 11.8 Å². The second-order valence-electron chi connectivity index (χ2n) is 6.96. The quantitative estimate of drug-likeness (QED) is 0.518. The molecule has 0 aliphatic carbocycles. The summed E-state index contributed by atoms with van der Waals surface area (Å²) in [5.74, 6) is -0.414. The van der Waals surface area contributed by atoms with Crippen LogP contribution in [0.1, 0.15) is 26.7 Å². The van der Waals surface area contributed by atoms with E-state index in [0.717, 1.165) is 19.4 Å². The fourth-order valence-corrected chi connectivity index (χ4v) is 4.40. The van der Waals surface area contributed by atoms with E-state index >= 15 is 0 Å². The Bertz CT molecular complexity index is 437. The summed E-state index contributed by atoms with van der Waals surface area (Å²) in [5, 5.41) is 33.7. The second-order valence-corrected chi connectivity index (χ2v) is 7.89. The number of likely N-dealkylation sites (tertiary alicyclic amines) is 1. The number of carbonyl (C=O) groups excluding carboxylic acids is 1. The van der Waals surface area contributed by atoms with Crippen molar-refractivity contribution in [2.24, 2.45) is 5.92 Å². The minimum Gasteiger partial charge on any atom is -0.391 e. The number of aliphatic hydroxyl groups excluding tert-OH is 3. The molecule has 0 spiro atoms. The van der Waals surface area contributed by atoms with E-state index in [2.05, 4.69) is 5.32 Å². The van der Waals surface area contributed by atoms with Crippen LogP contribution in [0.5, 0.6) is 0 Å². The number of hydrogen-bond acceptors (Lipinski definition) is 7. The molecule has 0 aromatic carbocycles. The van der Waals surface area contributed by atoms with Gasteiger partial charge >= 0.3 is 0 Å². The van der Waals surface area contributed by atoms with Gasteiger partial charge in [-0.15, -0.1) is 11.8 Å². The Labute approximate surface area is 147 Å². The Hall–Kier alpha value is -0.380. The molecule has 1 unspecified atom stereocenters. The molecule has 2 aliphatic heterocycles. The average molecular weight is 362 g/mol. The summed E-state index contributed by atoms with van der Waals surface area (Å²) >= 11 is 1.44. The number of aliphatic hydroxyl groups is 3. The van der Waals surface area contributed by atoms with Crippen molar-refractivity contribution in [3.8, 4) is 0 Å². The Kier molecular flexibility index (Phi) is 6.92. The van der Waals surface area contributed by atoms with Crippen molar-refractivity contribution in [3.63, 3.8) is 0 Å². The molecule has 0 bridgehead atoms. The summed E-state index contributed by atoms with van der Waals surface area (Å²) in [5.41, 5.74) is -0.305. The van der Waals surface area contributed by atoms with Gasteiger partial charge in [-0.2, -0.15) is 0 Å². The molecule has 0 radical (unpaired) electrons. The molecule has 1 amide bonds. The number of likely N-dealkylation sites (N-methyl/N-ethyl adjacent to an activating group) is 1. The first-order chi connectivity index (χ1) is 11.3. The van der Waals surface area contributed by atoms with Gasteiger partial charge in [0.2, 0.25) is 5.91 Å². The van der Waals surface area contributed by atoms with E-state index in [0.29, 0.717) is 0 Å². The van der Waals surface area contributed by atoms with Crippen LogP contribution in [0.2, 0.25) is 0 Å². The van der Waals surface area contributed by atoms with Crippen molar-refractivity contribution in [1.82, 2.24) is 10.2 Å². The maximum absolute atomic E-state index is 12.5. The van der Waals surface area contributed by atoms with Gasteiger partial charge in [-0.05, 0) is 39.6 Å². The molecule has 2 heterocycles. The van der Waals surface area contributed by atoms with Crippen LogP contribution in [0.25, 0.3) is 0 Å². The van der Waals surface area contributed by atoms with Crippen molar-refractivity contribution in [3.05, 3.63) is 0 Å². The second kappa shape index (κ2) is 8.33. The van der Waals surface area contributed by atoms with E-state index < -0.39 is 30.5 Å². The largest absolute Gasteiger partial charge is 0.391 e. The summed E-state index contributed by atoms with van der Waals surface area (Å²) in [6.45, 7) is 4.23. The third-order valence-corrected chi connectivity index (χ3v) is 6.19. The van der Waals surface area contributed by atoms with Crippen LogP contribution in [0.3, 0.4) is 0 Å². The zero-order valence-electron chi connectivity index (χ0n) is 14.8. The number of hydrogen-bond donors (Lipinski definition) is 4. The van der Waals surface area contributed by atoms with Crippen molar-refractivity contribution in [2.75, 3.05) is 19.8 Å². The first-order valence-electron chi connectivity index (χ1n) is 8.51. The Morgan fingerprint density at radius 1 is 1.38 bits per heavy atom. The number of carbonyl (C=O) groups is 1. The summed E-state index contributed by atoms with van der Waals surface area (Å²) in [6.07, 6.45) is -0.297. The lowest BCUT2D eigenvalue weighted by atomic mass is 9.88. The van der Waals surface area contributed by atoms with Gasteiger partial charge in [-0.3, -0.25) is 9.69 Å². The van der Waals surface area contributed by atoms with Crippen LogP contribution in [0, 0.1) is 5.92 Å². The average Bonchev–Trinajstić information content (AvgIpc) is 2.97. The SMILES string of the molecule is CS[C@H]1O[C@H]([C@H](NC(=O)C2CCCN2C)[C@@H](C)O)[C@H](O)[C@H](O)[C@H]1C.